The Balaban J connectivity index is 1.30. The van der Waals surface area contributed by atoms with E-state index in [1.54, 1.807) is 12.1 Å². The van der Waals surface area contributed by atoms with Crippen LogP contribution >= 0.6 is 11.8 Å². The number of imide groups is 1. The first-order valence-corrected chi connectivity index (χ1v) is 12.9. The number of phenolic OH excluding ortho intramolecular Hbond substituents is 1. The molecule has 0 saturated carbocycles. The zero-order valence-corrected chi connectivity index (χ0v) is 21.7. The average molecular weight is 524 g/mol. The van der Waals surface area contributed by atoms with Gasteiger partial charge in [-0.1, -0.05) is 48.5 Å². The maximum absolute atomic E-state index is 13.0. The van der Waals surface area contributed by atoms with Crippen LogP contribution in [-0.2, 0) is 4.79 Å². The molecule has 1 aliphatic rings. The smallest absolute Gasteiger partial charge is 0.293 e. The standard InChI is InChI=1S/C30H25N3O4S/c1-19-10-11-20(2)27(16-19)37-15-14-33-29(35)28(38-30(33)36)18-22-17-23(12-13-26(22)34)31-32-25-9-5-7-21-6-3-4-8-24(21)25/h3-13,16-18,34H,14-15H2,1-2H3/b28-18-,32-31?. The molecule has 0 aliphatic carbocycles. The number of rotatable bonds is 7. The van der Waals surface area contributed by atoms with Gasteiger partial charge in [0.2, 0.25) is 0 Å². The zero-order chi connectivity index (χ0) is 26.6. The van der Waals surface area contributed by atoms with E-state index in [4.69, 9.17) is 4.74 Å². The number of benzene rings is 4. The minimum Gasteiger partial charge on any atom is -0.507 e. The quantitative estimate of drug-likeness (QED) is 0.198. The summed E-state index contributed by atoms with van der Waals surface area (Å²) in [6.07, 6.45) is 1.50. The van der Waals surface area contributed by atoms with E-state index in [0.29, 0.717) is 11.3 Å². The molecule has 0 radical (unpaired) electrons. The van der Waals surface area contributed by atoms with Gasteiger partial charge in [-0.25, -0.2) is 0 Å². The second kappa shape index (κ2) is 10.9. The van der Waals surface area contributed by atoms with Crippen LogP contribution in [0.2, 0.25) is 0 Å². The Hall–Kier alpha value is -4.43. The third kappa shape index (κ3) is 5.45. The fourth-order valence-corrected chi connectivity index (χ4v) is 4.93. The fraction of sp³-hybridized carbons (Fsp3) is 0.133. The number of azo groups is 1. The predicted octanol–water partition coefficient (Wildman–Crippen LogP) is 7.69. The number of phenols is 1. The van der Waals surface area contributed by atoms with Gasteiger partial charge in [0.1, 0.15) is 18.1 Å². The minimum absolute atomic E-state index is 0.0286. The van der Waals surface area contributed by atoms with Gasteiger partial charge < -0.3 is 9.84 Å². The second-order valence-electron chi connectivity index (χ2n) is 8.89. The number of ether oxygens (including phenoxy) is 1. The molecule has 0 unspecified atom stereocenters. The van der Waals surface area contributed by atoms with Gasteiger partial charge >= 0.3 is 0 Å². The van der Waals surface area contributed by atoms with Crippen LogP contribution in [0.25, 0.3) is 16.8 Å². The van der Waals surface area contributed by atoms with Crippen molar-refractivity contribution in [1.29, 1.82) is 0 Å². The molecule has 1 N–H and O–H groups in total. The Kier molecular flexibility index (Phi) is 7.24. The molecular formula is C30H25N3O4S. The topological polar surface area (TPSA) is 91.6 Å². The van der Waals surface area contributed by atoms with E-state index in [1.807, 2.05) is 74.5 Å². The summed E-state index contributed by atoms with van der Waals surface area (Å²) in [6, 6.07) is 24.4. The third-order valence-corrected chi connectivity index (χ3v) is 7.03. The summed E-state index contributed by atoms with van der Waals surface area (Å²) in [5.74, 6) is 0.276. The lowest BCUT2D eigenvalue weighted by Gasteiger charge is -2.14. The van der Waals surface area contributed by atoms with E-state index < -0.39 is 5.91 Å². The van der Waals surface area contributed by atoms with Crippen molar-refractivity contribution in [2.75, 3.05) is 13.2 Å². The van der Waals surface area contributed by atoms with Gasteiger partial charge in [0.25, 0.3) is 11.1 Å². The predicted molar refractivity (Wildman–Crippen MR) is 150 cm³/mol. The van der Waals surface area contributed by atoms with Gasteiger partial charge in [0.05, 0.1) is 22.8 Å². The number of hydrogen-bond acceptors (Lipinski definition) is 7. The summed E-state index contributed by atoms with van der Waals surface area (Å²) >= 11 is 0.832. The van der Waals surface area contributed by atoms with E-state index in [9.17, 15) is 14.7 Å². The van der Waals surface area contributed by atoms with E-state index in [2.05, 4.69) is 10.2 Å². The summed E-state index contributed by atoms with van der Waals surface area (Å²) in [5.41, 5.74) is 3.65. The Bertz CT molecular complexity index is 1610. The highest BCUT2D eigenvalue weighted by atomic mass is 32.2. The van der Waals surface area contributed by atoms with Crippen LogP contribution in [0, 0.1) is 13.8 Å². The monoisotopic (exact) mass is 523 g/mol. The van der Waals surface area contributed by atoms with Crippen LogP contribution in [0.4, 0.5) is 16.2 Å². The molecule has 38 heavy (non-hydrogen) atoms. The van der Waals surface area contributed by atoms with Gasteiger partial charge in [-0.05, 0) is 78.5 Å². The Morgan fingerprint density at radius 3 is 2.63 bits per heavy atom. The molecule has 0 atom stereocenters. The molecule has 2 amide bonds. The van der Waals surface area contributed by atoms with Crippen LogP contribution in [0.5, 0.6) is 11.5 Å². The van der Waals surface area contributed by atoms with Gasteiger partial charge in [-0.2, -0.15) is 5.11 Å². The summed E-state index contributed by atoms with van der Waals surface area (Å²) in [5, 5.41) is 20.8. The van der Waals surface area contributed by atoms with Gasteiger partial charge in [-0.15, -0.1) is 5.11 Å². The first-order chi connectivity index (χ1) is 18.4. The van der Waals surface area contributed by atoms with Crippen LogP contribution in [-0.4, -0.2) is 34.3 Å². The Labute approximate surface area is 224 Å². The molecule has 8 heteroatoms. The Morgan fingerprint density at radius 2 is 1.76 bits per heavy atom. The van der Waals surface area contributed by atoms with Crippen molar-refractivity contribution in [3.63, 3.8) is 0 Å². The molecule has 1 fully saturated rings. The lowest BCUT2D eigenvalue weighted by Crippen LogP contribution is -2.32. The molecule has 0 aromatic heterocycles. The first kappa shape index (κ1) is 25.2. The highest BCUT2D eigenvalue weighted by Crippen LogP contribution is 2.35. The van der Waals surface area contributed by atoms with E-state index in [1.165, 1.54) is 12.1 Å². The molecular weight excluding hydrogens is 498 g/mol. The van der Waals surface area contributed by atoms with Crippen molar-refractivity contribution in [3.8, 4) is 11.5 Å². The van der Waals surface area contributed by atoms with E-state index >= 15 is 0 Å². The highest BCUT2D eigenvalue weighted by molar-refractivity contribution is 8.18. The van der Waals surface area contributed by atoms with Crippen LogP contribution in [0.3, 0.4) is 0 Å². The van der Waals surface area contributed by atoms with Crippen molar-refractivity contribution < 1.29 is 19.4 Å². The normalized spacial score (nSPS) is 14.8. The summed E-state index contributed by atoms with van der Waals surface area (Å²) in [6.45, 7) is 4.23. The van der Waals surface area contributed by atoms with Crippen molar-refractivity contribution in [2.45, 2.75) is 13.8 Å². The molecule has 4 aromatic carbocycles. The molecule has 5 rings (SSSR count). The maximum Gasteiger partial charge on any atom is 0.293 e. The molecule has 0 bridgehead atoms. The number of aromatic hydroxyl groups is 1. The molecule has 4 aromatic rings. The average Bonchev–Trinajstić information content (AvgIpc) is 3.18. The lowest BCUT2D eigenvalue weighted by atomic mass is 10.1. The Morgan fingerprint density at radius 1 is 0.947 bits per heavy atom. The summed E-state index contributed by atoms with van der Waals surface area (Å²) in [7, 11) is 0. The van der Waals surface area contributed by atoms with Crippen molar-refractivity contribution in [2.24, 2.45) is 10.2 Å². The minimum atomic E-state index is -0.424. The first-order valence-electron chi connectivity index (χ1n) is 12.1. The number of carbonyl (C=O) groups excluding carboxylic acids is 2. The summed E-state index contributed by atoms with van der Waals surface area (Å²) < 4.78 is 5.82. The van der Waals surface area contributed by atoms with Gasteiger partial charge in [0, 0.05) is 10.9 Å². The van der Waals surface area contributed by atoms with Crippen molar-refractivity contribution >= 4 is 51.1 Å². The van der Waals surface area contributed by atoms with Crippen molar-refractivity contribution in [1.82, 2.24) is 4.90 Å². The number of nitrogens with zero attached hydrogens (tertiary/aromatic N) is 3. The van der Waals surface area contributed by atoms with Gasteiger partial charge in [0.15, 0.2) is 0 Å². The molecule has 0 spiro atoms. The molecule has 7 nitrogen and oxygen atoms in total. The highest BCUT2D eigenvalue weighted by Gasteiger charge is 2.35. The molecule has 1 heterocycles. The van der Waals surface area contributed by atoms with E-state index in [0.717, 1.165) is 50.0 Å². The summed E-state index contributed by atoms with van der Waals surface area (Å²) in [4.78, 5) is 26.9. The van der Waals surface area contributed by atoms with Crippen LogP contribution in [0.15, 0.2) is 94.0 Å². The SMILES string of the molecule is Cc1ccc(C)c(OCCN2C(=O)S/C(=C\c3cc(N=Nc4cccc5ccccc45)ccc3O)C2=O)c1. The maximum atomic E-state index is 13.0. The molecule has 1 saturated heterocycles. The van der Waals surface area contributed by atoms with Crippen LogP contribution < -0.4 is 4.74 Å². The number of hydrogen-bond donors (Lipinski definition) is 1. The fourth-order valence-electron chi connectivity index (χ4n) is 4.07. The largest absolute Gasteiger partial charge is 0.507 e. The van der Waals surface area contributed by atoms with Crippen molar-refractivity contribution in [3.05, 3.63) is 100 Å². The zero-order valence-electron chi connectivity index (χ0n) is 20.9. The van der Waals surface area contributed by atoms with E-state index in [-0.39, 0.29) is 29.0 Å². The number of thioether (sulfide) groups is 1. The number of carbonyl (C=O) groups is 2. The lowest BCUT2D eigenvalue weighted by molar-refractivity contribution is -0.123. The van der Waals surface area contributed by atoms with Crippen LogP contribution in [0.1, 0.15) is 16.7 Å². The number of aryl methyl sites for hydroxylation is 2. The van der Waals surface area contributed by atoms with Gasteiger partial charge in [-0.3, -0.25) is 14.5 Å². The molecule has 190 valence electrons. The molecule has 1 aliphatic heterocycles. The second-order valence-corrected chi connectivity index (χ2v) is 9.89. The third-order valence-electron chi connectivity index (χ3n) is 6.13. The number of amides is 2. The number of fused-ring (bicyclic) bond motifs is 1.